The Morgan fingerprint density at radius 3 is 2.85 bits per heavy atom. The SMILES string of the molecule is N=C1NC(=O)/C(=C/c2ccc(-c3cccc(F)c3)o2)S1. The molecule has 0 saturated carbocycles. The van der Waals surface area contributed by atoms with E-state index in [9.17, 15) is 9.18 Å². The van der Waals surface area contributed by atoms with Crippen molar-refractivity contribution >= 4 is 28.9 Å². The smallest absolute Gasteiger partial charge is 0.264 e. The molecule has 1 amide bonds. The van der Waals surface area contributed by atoms with E-state index in [2.05, 4.69) is 5.32 Å². The highest BCUT2D eigenvalue weighted by molar-refractivity contribution is 8.18. The fourth-order valence-corrected chi connectivity index (χ4v) is 2.48. The maximum absolute atomic E-state index is 13.1. The van der Waals surface area contributed by atoms with Crippen LogP contribution in [0.1, 0.15) is 5.76 Å². The van der Waals surface area contributed by atoms with E-state index < -0.39 is 0 Å². The third-order valence-corrected chi connectivity index (χ3v) is 3.50. The van der Waals surface area contributed by atoms with Gasteiger partial charge in [-0.1, -0.05) is 12.1 Å². The maximum Gasteiger partial charge on any atom is 0.264 e. The standard InChI is InChI=1S/C14H9FN2O2S/c15-9-3-1-2-8(6-9)11-5-4-10(19-11)7-12-13(18)17-14(16)20-12/h1-7H,(H2,16,17,18)/b12-7-. The van der Waals surface area contributed by atoms with Crippen molar-refractivity contribution in [2.75, 3.05) is 0 Å². The number of carbonyl (C=O) groups is 1. The van der Waals surface area contributed by atoms with Gasteiger partial charge in [0.05, 0.1) is 4.91 Å². The molecule has 1 fully saturated rings. The van der Waals surface area contributed by atoms with Gasteiger partial charge in [0.25, 0.3) is 5.91 Å². The molecule has 1 aromatic carbocycles. The van der Waals surface area contributed by atoms with Gasteiger partial charge in [0, 0.05) is 11.6 Å². The van der Waals surface area contributed by atoms with Crippen LogP contribution in [0.2, 0.25) is 0 Å². The van der Waals surface area contributed by atoms with E-state index in [1.807, 2.05) is 0 Å². The van der Waals surface area contributed by atoms with E-state index >= 15 is 0 Å². The molecule has 0 radical (unpaired) electrons. The third kappa shape index (κ3) is 2.50. The second-order valence-corrected chi connectivity index (χ2v) is 5.16. The Hall–Kier alpha value is -2.34. The first-order valence-corrected chi connectivity index (χ1v) is 6.59. The van der Waals surface area contributed by atoms with E-state index in [1.165, 1.54) is 12.1 Å². The lowest BCUT2D eigenvalue weighted by Crippen LogP contribution is -2.18. The summed E-state index contributed by atoms with van der Waals surface area (Å²) >= 11 is 1.04. The first-order chi connectivity index (χ1) is 9.61. The highest BCUT2D eigenvalue weighted by Gasteiger charge is 2.22. The van der Waals surface area contributed by atoms with Crippen molar-refractivity contribution in [2.24, 2.45) is 0 Å². The van der Waals surface area contributed by atoms with Gasteiger partial charge in [-0.2, -0.15) is 0 Å². The van der Waals surface area contributed by atoms with Crippen molar-refractivity contribution in [3.8, 4) is 11.3 Å². The van der Waals surface area contributed by atoms with E-state index in [1.54, 1.807) is 30.3 Å². The second-order valence-electron chi connectivity index (χ2n) is 4.11. The predicted molar refractivity (Wildman–Crippen MR) is 75.5 cm³/mol. The number of halogens is 1. The molecule has 2 N–H and O–H groups in total. The molecule has 100 valence electrons. The van der Waals surface area contributed by atoms with Crippen LogP contribution < -0.4 is 5.32 Å². The van der Waals surface area contributed by atoms with Gasteiger partial charge in [-0.15, -0.1) is 0 Å². The Kier molecular flexibility index (Phi) is 3.15. The highest BCUT2D eigenvalue weighted by Crippen LogP contribution is 2.28. The zero-order valence-corrected chi connectivity index (χ0v) is 11.0. The summed E-state index contributed by atoms with van der Waals surface area (Å²) in [7, 11) is 0. The van der Waals surface area contributed by atoms with Crippen LogP contribution in [0.3, 0.4) is 0 Å². The van der Waals surface area contributed by atoms with E-state index in [0.29, 0.717) is 22.0 Å². The quantitative estimate of drug-likeness (QED) is 0.834. The first kappa shape index (κ1) is 12.7. The van der Waals surface area contributed by atoms with Gasteiger partial charge in [0.15, 0.2) is 5.17 Å². The zero-order chi connectivity index (χ0) is 14.1. The first-order valence-electron chi connectivity index (χ1n) is 5.77. The Balaban J connectivity index is 1.89. The average Bonchev–Trinajstić information content (AvgIpc) is 2.97. The van der Waals surface area contributed by atoms with Crippen molar-refractivity contribution in [1.29, 1.82) is 5.41 Å². The van der Waals surface area contributed by atoms with Crippen LogP contribution in [-0.2, 0) is 4.79 Å². The van der Waals surface area contributed by atoms with Crippen molar-refractivity contribution in [3.05, 3.63) is 52.9 Å². The molecule has 2 aromatic rings. The van der Waals surface area contributed by atoms with Gasteiger partial charge in [-0.05, 0) is 36.0 Å². The summed E-state index contributed by atoms with van der Waals surface area (Å²) in [6, 6.07) is 9.49. The molecular weight excluding hydrogens is 279 g/mol. The third-order valence-electron chi connectivity index (χ3n) is 2.67. The molecule has 1 aliphatic rings. The number of benzene rings is 1. The predicted octanol–water partition coefficient (Wildman–Crippen LogP) is 3.22. The summed E-state index contributed by atoms with van der Waals surface area (Å²) in [4.78, 5) is 11.9. The lowest BCUT2D eigenvalue weighted by Gasteiger charge is -1.96. The molecule has 20 heavy (non-hydrogen) atoms. The van der Waals surface area contributed by atoms with Gasteiger partial charge < -0.3 is 9.73 Å². The molecular formula is C14H9FN2O2S. The zero-order valence-electron chi connectivity index (χ0n) is 10.1. The second kappa shape index (κ2) is 4.97. The Labute approximate surface area is 118 Å². The monoisotopic (exact) mass is 288 g/mol. The Bertz CT molecular complexity index is 736. The van der Waals surface area contributed by atoms with Gasteiger partial charge in [-0.3, -0.25) is 10.2 Å². The number of thioether (sulfide) groups is 1. The molecule has 4 nitrogen and oxygen atoms in total. The normalized spacial score (nSPS) is 16.8. The summed E-state index contributed by atoms with van der Waals surface area (Å²) in [5, 5.41) is 9.83. The molecule has 1 aromatic heterocycles. The fourth-order valence-electron chi connectivity index (χ4n) is 1.80. The molecule has 0 bridgehead atoms. The van der Waals surface area contributed by atoms with E-state index in [0.717, 1.165) is 11.8 Å². The van der Waals surface area contributed by atoms with Crippen LogP contribution in [0.4, 0.5) is 4.39 Å². The van der Waals surface area contributed by atoms with Gasteiger partial charge in [0.1, 0.15) is 17.3 Å². The molecule has 0 unspecified atom stereocenters. The molecule has 2 heterocycles. The minimum atomic E-state index is -0.335. The molecule has 6 heteroatoms. The average molecular weight is 288 g/mol. The van der Waals surface area contributed by atoms with Crippen LogP contribution >= 0.6 is 11.8 Å². The number of rotatable bonds is 2. The molecule has 0 atom stereocenters. The summed E-state index contributed by atoms with van der Waals surface area (Å²) in [6.45, 7) is 0. The summed E-state index contributed by atoms with van der Waals surface area (Å²) in [6.07, 6.45) is 1.56. The van der Waals surface area contributed by atoms with Crippen LogP contribution in [0, 0.1) is 11.2 Å². The largest absolute Gasteiger partial charge is 0.457 e. The molecule has 0 spiro atoms. The minimum absolute atomic E-state index is 0.0955. The number of carbonyl (C=O) groups excluding carboxylic acids is 1. The number of nitrogens with one attached hydrogen (secondary N) is 2. The van der Waals surface area contributed by atoms with Crippen molar-refractivity contribution in [3.63, 3.8) is 0 Å². The number of furan rings is 1. The van der Waals surface area contributed by atoms with E-state index in [4.69, 9.17) is 9.83 Å². The Morgan fingerprint density at radius 1 is 1.30 bits per heavy atom. The lowest BCUT2D eigenvalue weighted by atomic mass is 10.2. The minimum Gasteiger partial charge on any atom is -0.457 e. The van der Waals surface area contributed by atoms with Crippen LogP contribution in [-0.4, -0.2) is 11.1 Å². The molecule has 1 aliphatic heterocycles. The van der Waals surface area contributed by atoms with Crippen molar-refractivity contribution in [1.82, 2.24) is 5.32 Å². The Morgan fingerprint density at radius 2 is 2.15 bits per heavy atom. The van der Waals surface area contributed by atoms with Gasteiger partial charge >= 0.3 is 0 Å². The highest BCUT2D eigenvalue weighted by atomic mass is 32.2. The summed E-state index contributed by atoms with van der Waals surface area (Å²) in [5.74, 6) is 0.355. The topological polar surface area (TPSA) is 66.1 Å². The lowest BCUT2D eigenvalue weighted by molar-refractivity contribution is -0.115. The van der Waals surface area contributed by atoms with Crippen LogP contribution in [0.25, 0.3) is 17.4 Å². The summed E-state index contributed by atoms with van der Waals surface area (Å²) < 4.78 is 18.7. The van der Waals surface area contributed by atoms with E-state index in [-0.39, 0.29) is 16.9 Å². The number of amidine groups is 1. The fraction of sp³-hybridized carbons (Fsp3) is 0. The van der Waals surface area contributed by atoms with Crippen molar-refractivity contribution < 1.29 is 13.6 Å². The van der Waals surface area contributed by atoms with Crippen LogP contribution in [0.5, 0.6) is 0 Å². The van der Waals surface area contributed by atoms with Gasteiger partial charge in [-0.25, -0.2) is 4.39 Å². The van der Waals surface area contributed by atoms with Gasteiger partial charge in [0.2, 0.25) is 0 Å². The number of amides is 1. The number of hydrogen-bond donors (Lipinski definition) is 2. The maximum atomic E-state index is 13.1. The molecule has 0 aliphatic carbocycles. The number of hydrogen-bond acceptors (Lipinski definition) is 4. The van der Waals surface area contributed by atoms with Crippen LogP contribution in [0.15, 0.2) is 45.7 Å². The molecule has 1 saturated heterocycles. The van der Waals surface area contributed by atoms with Crippen molar-refractivity contribution in [2.45, 2.75) is 0 Å². The summed E-state index contributed by atoms with van der Waals surface area (Å²) in [5.41, 5.74) is 0.630. The molecule has 3 rings (SSSR count).